The molecule has 0 aliphatic carbocycles. The molecular weight excluding hydrogens is 338 g/mol. The summed E-state index contributed by atoms with van der Waals surface area (Å²) in [7, 11) is 0. The number of ether oxygens (including phenoxy) is 1. The van der Waals surface area contributed by atoms with E-state index in [0.717, 1.165) is 12.8 Å². The van der Waals surface area contributed by atoms with Gasteiger partial charge in [-0.05, 0) is 40.5 Å². The number of nitrogens with one attached hydrogen (secondary N) is 2. The number of anilines is 2. The molecule has 3 N–H and O–H groups in total. The molecule has 0 radical (unpaired) electrons. The number of hydrogen-bond acceptors (Lipinski definition) is 7. The van der Waals surface area contributed by atoms with Gasteiger partial charge in [0.2, 0.25) is 5.95 Å². The molecule has 144 valence electrons. The minimum atomic E-state index is -1.10. The largest absolute Gasteiger partial charge is 0.477 e. The second-order valence-electron chi connectivity index (χ2n) is 7.20. The first-order valence-corrected chi connectivity index (χ1v) is 8.78. The van der Waals surface area contributed by atoms with Crippen LogP contribution in [0.15, 0.2) is 6.20 Å². The molecule has 1 aromatic heterocycles. The summed E-state index contributed by atoms with van der Waals surface area (Å²) in [5.41, 5.74) is -0.553. The Balaban J connectivity index is 2.11. The summed E-state index contributed by atoms with van der Waals surface area (Å²) in [6.07, 6.45) is 2.52. The molecule has 2 heterocycles. The molecule has 1 amide bonds. The predicted octanol–water partition coefficient (Wildman–Crippen LogP) is 2.42. The first-order valence-electron chi connectivity index (χ1n) is 8.78. The van der Waals surface area contributed by atoms with Crippen molar-refractivity contribution in [2.24, 2.45) is 0 Å². The number of carbonyl (C=O) groups is 2. The molecule has 9 nitrogen and oxygen atoms in total. The topological polar surface area (TPSA) is 117 Å². The summed E-state index contributed by atoms with van der Waals surface area (Å²) in [5.74, 6) is -0.491. The van der Waals surface area contributed by atoms with E-state index in [9.17, 15) is 14.7 Å². The highest BCUT2D eigenvalue weighted by Crippen LogP contribution is 2.20. The molecule has 1 atom stereocenters. The maximum absolute atomic E-state index is 12.3. The number of amides is 1. The van der Waals surface area contributed by atoms with Gasteiger partial charge in [0.15, 0.2) is 0 Å². The molecule has 2 rings (SSSR count). The van der Waals surface area contributed by atoms with Crippen LogP contribution in [0.1, 0.15) is 50.9 Å². The van der Waals surface area contributed by atoms with Gasteiger partial charge in [-0.15, -0.1) is 0 Å². The van der Waals surface area contributed by atoms with Gasteiger partial charge in [0.05, 0.1) is 0 Å². The molecule has 9 heteroatoms. The van der Waals surface area contributed by atoms with E-state index in [-0.39, 0.29) is 23.5 Å². The highest BCUT2D eigenvalue weighted by atomic mass is 16.6. The molecule has 0 bridgehead atoms. The summed E-state index contributed by atoms with van der Waals surface area (Å²) in [6, 6.07) is -0.112. The first kappa shape index (κ1) is 19.7. The smallest absolute Gasteiger partial charge is 0.410 e. The number of likely N-dealkylation sites (tertiary alicyclic amines) is 1. The molecular formula is C17H27N5O4. The Morgan fingerprint density at radius 1 is 1.42 bits per heavy atom. The average Bonchev–Trinajstić information content (AvgIpc) is 2.54. The van der Waals surface area contributed by atoms with Gasteiger partial charge in [0.1, 0.15) is 17.0 Å². The maximum Gasteiger partial charge on any atom is 0.410 e. The van der Waals surface area contributed by atoms with E-state index in [1.54, 1.807) is 4.90 Å². The van der Waals surface area contributed by atoms with Crippen molar-refractivity contribution >= 4 is 23.8 Å². The Bertz CT molecular complexity index is 659. The van der Waals surface area contributed by atoms with Crippen molar-refractivity contribution in [2.45, 2.75) is 52.2 Å². The van der Waals surface area contributed by atoms with Gasteiger partial charge < -0.3 is 25.4 Å². The van der Waals surface area contributed by atoms with E-state index in [4.69, 9.17) is 4.74 Å². The van der Waals surface area contributed by atoms with Crippen LogP contribution in [0.4, 0.5) is 16.6 Å². The van der Waals surface area contributed by atoms with Gasteiger partial charge in [-0.1, -0.05) is 0 Å². The van der Waals surface area contributed by atoms with E-state index < -0.39 is 11.6 Å². The highest BCUT2D eigenvalue weighted by molar-refractivity contribution is 5.93. The van der Waals surface area contributed by atoms with Crippen molar-refractivity contribution in [3.63, 3.8) is 0 Å². The lowest BCUT2D eigenvalue weighted by Gasteiger charge is -2.34. The third kappa shape index (κ3) is 5.47. The second kappa shape index (κ2) is 8.20. The van der Waals surface area contributed by atoms with Gasteiger partial charge in [-0.3, -0.25) is 0 Å². The summed E-state index contributed by atoms with van der Waals surface area (Å²) < 4.78 is 5.42. The molecule has 1 fully saturated rings. The lowest BCUT2D eigenvalue weighted by molar-refractivity contribution is 0.0206. The number of carboxylic acids is 1. The van der Waals surface area contributed by atoms with E-state index in [1.807, 2.05) is 27.7 Å². The van der Waals surface area contributed by atoms with E-state index in [2.05, 4.69) is 20.6 Å². The number of rotatable bonds is 5. The minimum Gasteiger partial charge on any atom is -0.477 e. The summed E-state index contributed by atoms with van der Waals surface area (Å²) >= 11 is 0. The first-order chi connectivity index (χ1) is 12.2. The fourth-order valence-electron chi connectivity index (χ4n) is 2.67. The standard InChI is InChI=1S/C17H27N5O4/c1-5-18-15-19-9-12(14(23)24)13(21-15)20-11-7-6-8-22(10-11)16(25)26-17(2,3)4/h9,11H,5-8,10H2,1-4H3,(H,23,24)(H2,18,19,20,21). The zero-order chi connectivity index (χ0) is 19.3. The van der Waals surface area contributed by atoms with Crippen molar-refractivity contribution in [2.75, 3.05) is 30.3 Å². The Labute approximate surface area is 153 Å². The zero-order valence-electron chi connectivity index (χ0n) is 15.7. The van der Waals surface area contributed by atoms with Gasteiger partial charge >= 0.3 is 12.1 Å². The van der Waals surface area contributed by atoms with Gasteiger partial charge in [0, 0.05) is 31.9 Å². The molecule has 1 saturated heterocycles. The van der Waals surface area contributed by atoms with Crippen LogP contribution < -0.4 is 10.6 Å². The zero-order valence-corrected chi connectivity index (χ0v) is 15.7. The number of carbonyl (C=O) groups excluding carboxylic acids is 1. The lowest BCUT2D eigenvalue weighted by atomic mass is 10.1. The number of aromatic carboxylic acids is 1. The fraction of sp³-hybridized carbons (Fsp3) is 0.647. The van der Waals surface area contributed by atoms with Gasteiger partial charge in [0.25, 0.3) is 0 Å². The van der Waals surface area contributed by atoms with E-state index in [0.29, 0.717) is 25.6 Å². The average molecular weight is 365 g/mol. The Hall–Kier alpha value is -2.58. The van der Waals surface area contributed by atoms with E-state index >= 15 is 0 Å². The van der Waals surface area contributed by atoms with Crippen LogP contribution >= 0.6 is 0 Å². The predicted molar refractivity (Wildman–Crippen MR) is 97.6 cm³/mol. The Morgan fingerprint density at radius 2 is 2.15 bits per heavy atom. The number of piperidine rings is 1. The quantitative estimate of drug-likeness (QED) is 0.728. The monoisotopic (exact) mass is 365 g/mol. The molecule has 1 aromatic rings. The third-order valence-electron chi connectivity index (χ3n) is 3.77. The van der Waals surface area contributed by atoms with Crippen LogP contribution in [0.25, 0.3) is 0 Å². The van der Waals surface area contributed by atoms with Crippen LogP contribution in [0.5, 0.6) is 0 Å². The third-order valence-corrected chi connectivity index (χ3v) is 3.77. The van der Waals surface area contributed by atoms with Crippen molar-refractivity contribution in [1.82, 2.24) is 14.9 Å². The Morgan fingerprint density at radius 3 is 2.77 bits per heavy atom. The second-order valence-corrected chi connectivity index (χ2v) is 7.20. The van der Waals surface area contributed by atoms with Crippen LogP contribution in [-0.4, -0.2) is 63.3 Å². The molecule has 1 unspecified atom stereocenters. The maximum atomic E-state index is 12.3. The van der Waals surface area contributed by atoms with Crippen LogP contribution in [0.2, 0.25) is 0 Å². The van der Waals surface area contributed by atoms with Crippen LogP contribution in [-0.2, 0) is 4.74 Å². The number of aromatic nitrogens is 2. The normalized spacial score (nSPS) is 17.5. The summed E-state index contributed by atoms with van der Waals surface area (Å²) in [6.45, 7) is 9.05. The fourth-order valence-corrected chi connectivity index (χ4v) is 2.67. The van der Waals surface area contributed by atoms with Gasteiger partial charge in [-0.2, -0.15) is 4.98 Å². The molecule has 0 spiro atoms. The van der Waals surface area contributed by atoms with Crippen molar-refractivity contribution in [3.05, 3.63) is 11.8 Å². The summed E-state index contributed by atoms with van der Waals surface area (Å²) in [4.78, 5) is 33.6. The van der Waals surface area contributed by atoms with Gasteiger partial charge in [-0.25, -0.2) is 14.6 Å². The van der Waals surface area contributed by atoms with Crippen molar-refractivity contribution in [1.29, 1.82) is 0 Å². The molecule has 1 aliphatic heterocycles. The van der Waals surface area contributed by atoms with Crippen LogP contribution in [0.3, 0.4) is 0 Å². The molecule has 26 heavy (non-hydrogen) atoms. The number of hydrogen-bond donors (Lipinski definition) is 3. The SMILES string of the molecule is CCNc1ncc(C(=O)O)c(NC2CCCN(C(=O)OC(C)(C)C)C2)n1. The number of nitrogens with zero attached hydrogens (tertiary/aromatic N) is 3. The minimum absolute atomic E-state index is 0.000967. The van der Waals surface area contributed by atoms with Crippen molar-refractivity contribution < 1.29 is 19.4 Å². The van der Waals surface area contributed by atoms with Crippen molar-refractivity contribution in [3.8, 4) is 0 Å². The highest BCUT2D eigenvalue weighted by Gasteiger charge is 2.28. The Kier molecular flexibility index (Phi) is 6.23. The van der Waals surface area contributed by atoms with E-state index in [1.165, 1.54) is 6.20 Å². The number of carboxylic acid groups (broad SMARTS) is 1. The summed E-state index contributed by atoms with van der Waals surface area (Å²) in [5, 5.41) is 15.5. The molecule has 0 aromatic carbocycles. The molecule has 0 saturated carbocycles. The molecule has 1 aliphatic rings. The lowest BCUT2D eigenvalue weighted by Crippen LogP contribution is -2.47. The van der Waals surface area contributed by atoms with Crippen LogP contribution in [0, 0.1) is 0 Å².